The van der Waals surface area contributed by atoms with Crippen molar-refractivity contribution in [2.45, 2.75) is 19.8 Å². The van der Waals surface area contributed by atoms with Crippen LogP contribution in [0.2, 0.25) is 0 Å². The first-order valence-corrected chi connectivity index (χ1v) is 5.15. The molecule has 0 aliphatic carbocycles. The average molecular weight is 199 g/mol. The third-order valence-electron chi connectivity index (χ3n) is 2.11. The predicted octanol–water partition coefficient (Wildman–Crippen LogP) is 1.56. The van der Waals surface area contributed by atoms with Crippen LogP contribution in [0.4, 0.5) is 0 Å². The molecule has 0 unspecified atom stereocenters. The Morgan fingerprint density at radius 1 is 1.54 bits per heavy atom. The zero-order chi connectivity index (χ0) is 9.26. The highest BCUT2D eigenvalue weighted by Gasteiger charge is 2.20. The summed E-state index contributed by atoms with van der Waals surface area (Å²) in [6.07, 6.45) is -0.149. The van der Waals surface area contributed by atoms with Gasteiger partial charge in [-0.05, 0) is 18.6 Å². The van der Waals surface area contributed by atoms with E-state index in [0.717, 1.165) is 4.88 Å². The van der Waals surface area contributed by atoms with E-state index in [1.165, 1.54) is 10.4 Å². The highest BCUT2D eigenvalue weighted by molar-refractivity contribution is 7.12. The van der Waals surface area contributed by atoms with E-state index in [4.69, 9.17) is 15.2 Å². The molecule has 2 N–H and O–H groups in total. The van der Waals surface area contributed by atoms with E-state index < -0.39 is 0 Å². The Balaban J connectivity index is 2.20. The Morgan fingerprint density at radius 2 is 2.23 bits per heavy atom. The molecule has 0 bridgehead atoms. The summed E-state index contributed by atoms with van der Waals surface area (Å²) in [5.41, 5.74) is 6.78. The maximum Gasteiger partial charge on any atom is 0.193 e. The number of hydrogen-bond acceptors (Lipinski definition) is 4. The van der Waals surface area contributed by atoms with Crippen LogP contribution in [0.5, 0.6) is 0 Å². The van der Waals surface area contributed by atoms with E-state index in [2.05, 4.69) is 13.0 Å². The quantitative estimate of drug-likeness (QED) is 0.786. The van der Waals surface area contributed by atoms with E-state index in [9.17, 15) is 0 Å². The molecule has 1 aliphatic heterocycles. The van der Waals surface area contributed by atoms with E-state index in [0.29, 0.717) is 19.8 Å². The molecule has 0 spiro atoms. The van der Waals surface area contributed by atoms with Crippen LogP contribution in [0.15, 0.2) is 6.07 Å². The van der Waals surface area contributed by atoms with Crippen LogP contribution in [0.25, 0.3) is 0 Å². The van der Waals surface area contributed by atoms with Crippen molar-refractivity contribution in [3.63, 3.8) is 0 Å². The second-order valence-electron chi connectivity index (χ2n) is 3.01. The van der Waals surface area contributed by atoms with Crippen molar-refractivity contribution in [1.29, 1.82) is 0 Å². The van der Waals surface area contributed by atoms with Crippen molar-refractivity contribution < 1.29 is 9.47 Å². The van der Waals surface area contributed by atoms with Gasteiger partial charge >= 0.3 is 0 Å². The van der Waals surface area contributed by atoms with Crippen LogP contribution < -0.4 is 5.73 Å². The lowest BCUT2D eigenvalue weighted by Crippen LogP contribution is -1.96. The van der Waals surface area contributed by atoms with Crippen molar-refractivity contribution >= 4 is 11.3 Å². The van der Waals surface area contributed by atoms with Crippen LogP contribution in [0.3, 0.4) is 0 Å². The van der Waals surface area contributed by atoms with Gasteiger partial charge in [0.25, 0.3) is 0 Å². The number of rotatable bonds is 2. The van der Waals surface area contributed by atoms with E-state index >= 15 is 0 Å². The fraction of sp³-hybridized carbons (Fsp3) is 0.556. The van der Waals surface area contributed by atoms with Crippen LogP contribution in [-0.4, -0.2) is 13.2 Å². The van der Waals surface area contributed by atoms with Gasteiger partial charge in [0, 0.05) is 11.4 Å². The molecule has 1 aromatic rings. The molecule has 1 aromatic heterocycles. The summed E-state index contributed by atoms with van der Waals surface area (Å²) >= 11 is 1.71. The molecule has 1 fully saturated rings. The first-order valence-electron chi connectivity index (χ1n) is 4.33. The maximum absolute atomic E-state index is 5.59. The van der Waals surface area contributed by atoms with Gasteiger partial charge in [-0.15, -0.1) is 11.3 Å². The zero-order valence-electron chi connectivity index (χ0n) is 7.58. The number of nitrogens with two attached hydrogens (primary N) is 1. The van der Waals surface area contributed by atoms with Crippen molar-refractivity contribution in [2.75, 3.05) is 13.2 Å². The lowest BCUT2D eigenvalue weighted by atomic mass is 10.2. The Kier molecular flexibility index (Phi) is 2.64. The van der Waals surface area contributed by atoms with Gasteiger partial charge in [0.05, 0.1) is 18.1 Å². The normalized spacial score (nSPS) is 18.3. The molecule has 0 saturated carbocycles. The summed E-state index contributed by atoms with van der Waals surface area (Å²) < 4.78 is 10.8. The highest BCUT2D eigenvalue weighted by Crippen LogP contribution is 2.31. The zero-order valence-corrected chi connectivity index (χ0v) is 8.39. The molecule has 0 atom stereocenters. The molecule has 72 valence electrons. The van der Waals surface area contributed by atoms with Crippen molar-refractivity contribution in [3.05, 3.63) is 21.4 Å². The third kappa shape index (κ3) is 1.76. The largest absolute Gasteiger partial charge is 0.345 e. The van der Waals surface area contributed by atoms with Gasteiger partial charge in [-0.1, -0.05) is 0 Å². The summed E-state index contributed by atoms with van der Waals surface area (Å²) in [5.74, 6) is 0. The summed E-state index contributed by atoms with van der Waals surface area (Å²) in [5, 5.41) is 0. The van der Waals surface area contributed by atoms with Crippen molar-refractivity contribution in [1.82, 2.24) is 0 Å². The summed E-state index contributed by atoms with van der Waals surface area (Å²) in [4.78, 5) is 2.40. The van der Waals surface area contributed by atoms with Gasteiger partial charge in [0.15, 0.2) is 6.29 Å². The summed E-state index contributed by atoms with van der Waals surface area (Å²) in [6, 6.07) is 2.08. The second kappa shape index (κ2) is 3.75. The minimum atomic E-state index is -0.149. The fourth-order valence-electron chi connectivity index (χ4n) is 1.39. The molecule has 0 aromatic carbocycles. The second-order valence-corrected chi connectivity index (χ2v) is 4.30. The van der Waals surface area contributed by atoms with Gasteiger partial charge in [0.2, 0.25) is 0 Å². The molecular weight excluding hydrogens is 186 g/mol. The van der Waals surface area contributed by atoms with Crippen LogP contribution in [0, 0.1) is 6.92 Å². The molecule has 0 amide bonds. The molecule has 2 rings (SSSR count). The molecule has 13 heavy (non-hydrogen) atoms. The Hall–Kier alpha value is -0.420. The minimum absolute atomic E-state index is 0.149. The summed E-state index contributed by atoms with van der Waals surface area (Å²) in [7, 11) is 0. The molecule has 1 saturated heterocycles. The van der Waals surface area contributed by atoms with Crippen molar-refractivity contribution in [2.24, 2.45) is 5.73 Å². The number of ether oxygens (including phenoxy) is 2. The SMILES string of the molecule is Cc1sc(C2OCCO2)cc1CN. The predicted molar refractivity (Wildman–Crippen MR) is 51.6 cm³/mol. The van der Waals surface area contributed by atoms with Gasteiger partial charge in [-0.25, -0.2) is 0 Å². The smallest absolute Gasteiger partial charge is 0.193 e. The molecule has 3 nitrogen and oxygen atoms in total. The maximum atomic E-state index is 5.59. The van der Waals surface area contributed by atoms with Gasteiger partial charge in [-0.3, -0.25) is 0 Å². The molecular formula is C9H13NO2S. The third-order valence-corrected chi connectivity index (χ3v) is 3.23. The van der Waals surface area contributed by atoms with Gasteiger partial charge in [0.1, 0.15) is 0 Å². The van der Waals surface area contributed by atoms with Crippen LogP contribution in [-0.2, 0) is 16.0 Å². The van der Waals surface area contributed by atoms with Gasteiger partial charge < -0.3 is 15.2 Å². The van der Waals surface area contributed by atoms with E-state index in [1.54, 1.807) is 11.3 Å². The lowest BCUT2D eigenvalue weighted by Gasteiger charge is -2.04. The van der Waals surface area contributed by atoms with Crippen molar-refractivity contribution in [3.8, 4) is 0 Å². The Labute approximate surface area is 81.5 Å². The van der Waals surface area contributed by atoms with Crippen LogP contribution in [0.1, 0.15) is 21.6 Å². The first-order chi connectivity index (χ1) is 6.31. The Morgan fingerprint density at radius 3 is 2.77 bits per heavy atom. The molecule has 4 heteroatoms. The first kappa shape index (κ1) is 9.15. The van der Waals surface area contributed by atoms with E-state index in [-0.39, 0.29) is 6.29 Å². The van der Waals surface area contributed by atoms with Crippen LogP contribution >= 0.6 is 11.3 Å². The number of thiophene rings is 1. The van der Waals surface area contributed by atoms with E-state index in [1.807, 2.05) is 0 Å². The summed E-state index contributed by atoms with van der Waals surface area (Å²) in [6.45, 7) is 4.06. The number of aryl methyl sites for hydroxylation is 1. The Bertz CT molecular complexity index is 292. The fourth-order valence-corrected chi connectivity index (χ4v) is 2.45. The highest BCUT2D eigenvalue weighted by atomic mass is 32.1. The van der Waals surface area contributed by atoms with Gasteiger partial charge in [-0.2, -0.15) is 0 Å². The minimum Gasteiger partial charge on any atom is -0.345 e. The average Bonchev–Trinajstić information content (AvgIpc) is 2.71. The molecule has 2 heterocycles. The molecule has 1 aliphatic rings. The topological polar surface area (TPSA) is 44.5 Å². The standard InChI is InChI=1S/C9H13NO2S/c1-6-7(5-10)4-8(13-6)9-11-2-3-12-9/h4,9H,2-3,5,10H2,1H3. The molecule has 0 radical (unpaired) electrons. The lowest BCUT2D eigenvalue weighted by molar-refractivity contribution is -0.0413. The number of hydrogen-bond donors (Lipinski definition) is 1. The monoisotopic (exact) mass is 199 g/mol.